The molecule has 8 heteroatoms. The summed E-state index contributed by atoms with van der Waals surface area (Å²) >= 11 is 0. The summed E-state index contributed by atoms with van der Waals surface area (Å²) < 4.78 is 21.5. The van der Waals surface area contributed by atoms with Gasteiger partial charge in [-0.25, -0.2) is 13.9 Å². The minimum absolute atomic E-state index is 0.321. The molecule has 0 unspecified atom stereocenters. The summed E-state index contributed by atoms with van der Waals surface area (Å²) in [5.41, 5.74) is 2.09. The normalized spacial score (nSPS) is 20.5. The molecule has 0 saturated carbocycles. The smallest absolute Gasteiger partial charge is 0.414 e. The van der Waals surface area contributed by atoms with Crippen LogP contribution in [0.1, 0.15) is 12.0 Å². The number of hydrogen-bond donors (Lipinski definition) is 1. The van der Waals surface area contributed by atoms with Crippen LogP contribution in [0.25, 0.3) is 5.57 Å². The molecule has 4 rings (SSSR count). The average Bonchev–Trinajstić information content (AvgIpc) is 3.25. The van der Waals surface area contributed by atoms with E-state index in [2.05, 4.69) is 15.6 Å². The number of nitrogens with zero attached hydrogens (tertiary/aromatic N) is 4. The molecule has 1 fully saturated rings. The van der Waals surface area contributed by atoms with E-state index in [0.29, 0.717) is 24.3 Å². The number of benzene rings is 1. The van der Waals surface area contributed by atoms with Crippen molar-refractivity contribution in [3.05, 3.63) is 48.0 Å². The predicted octanol–water partition coefficient (Wildman–Crippen LogP) is 1.82. The van der Waals surface area contributed by atoms with Crippen molar-refractivity contribution in [2.24, 2.45) is 0 Å². The highest BCUT2D eigenvalue weighted by Crippen LogP contribution is 2.28. The Balaban J connectivity index is 1.50. The van der Waals surface area contributed by atoms with E-state index >= 15 is 0 Å². The van der Waals surface area contributed by atoms with Crippen molar-refractivity contribution in [2.45, 2.75) is 19.1 Å². The zero-order chi connectivity index (χ0) is 17.2. The third kappa shape index (κ3) is 3.25. The Bertz CT molecular complexity index is 805. The molecule has 1 N–H and O–H groups in total. The van der Waals surface area contributed by atoms with E-state index in [1.807, 2.05) is 6.08 Å². The van der Waals surface area contributed by atoms with Crippen LogP contribution in [0.4, 0.5) is 14.9 Å². The lowest BCUT2D eigenvalue weighted by Gasteiger charge is -2.17. The van der Waals surface area contributed by atoms with Gasteiger partial charge in [-0.2, -0.15) is 0 Å². The Hall–Kier alpha value is -2.74. The summed E-state index contributed by atoms with van der Waals surface area (Å²) in [5.74, 6) is -0.321. The lowest BCUT2D eigenvalue weighted by Crippen LogP contribution is -2.26. The molecule has 130 valence electrons. The summed E-state index contributed by atoms with van der Waals surface area (Å²) in [6.45, 7) is 2.36. The van der Waals surface area contributed by atoms with Crippen molar-refractivity contribution < 1.29 is 13.9 Å². The maximum absolute atomic E-state index is 14.6. The molecule has 1 aromatic carbocycles. The van der Waals surface area contributed by atoms with Crippen LogP contribution in [-0.4, -0.2) is 46.8 Å². The van der Waals surface area contributed by atoms with Gasteiger partial charge in [0.25, 0.3) is 0 Å². The van der Waals surface area contributed by atoms with Gasteiger partial charge in [0, 0.05) is 18.3 Å². The maximum atomic E-state index is 14.6. The first kappa shape index (κ1) is 15.8. The van der Waals surface area contributed by atoms with E-state index in [4.69, 9.17) is 4.74 Å². The second kappa shape index (κ2) is 6.64. The summed E-state index contributed by atoms with van der Waals surface area (Å²) in [4.78, 5) is 13.6. The van der Waals surface area contributed by atoms with Gasteiger partial charge >= 0.3 is 6.09 Å². The van der Waals surface area contributed by atoms with Gasteiger partial charge in [-0.05, 0) is 36.7 Å². The number of anilines is 1. The van der Waals surface area contributed by atoms with E-state index in [1.54, 1.807) is 29.2 Å². The van der Waals surface area contributed by atoms with E-state index in [9.17, 15) is 9.18 Å². The van der Waals surface area contributed by atoms with Gasteiger partial charge in [0.15, 0.2) is 0 Å². The zero-order valence-electron chi connectivity index (χ0n) is 13.6. The number of rotatable bonds is 4. The van der Waals surface area contributed by atoms with Crippen LogP contribution in [0.3, 0.4) is 0 Å². The fraction of sp³-hybridized carbons (Fsp3) is 0.353. The molecule has 7 nitrogen and oxygen atoms in total. The highest BCUT2D eigenvalue weighted by atomic mass is 19.1. The molecule has 2 aliphatic rings. The van der Waals surface area contributed by atoms with Gasteiger partial charge in [0.05, 0.1) is 25.0 Å². The number of amides is 1. The summed E-state index contributed by atoms with van der Waals surface area (Å²) in [6.07, 6.45) is 5.25. The number of aromatic nitrogens is 3. The SMILES string of the molecule is O=C1O[C@@H](Cn2ccnn2)CN1c1ccc(C2=CCNCC2)c(F)c1. The average molecular weight is 343 g/mol. The van der Waals surface area contributed by atoms with Crippen LogP contribution >= 0.6 is 0 Å². The molecule has 0 aliphatic carbocycles. The molecular weight excluding hydrogens is 325 g/mol. The van der Waals surface area contributed by atoms with Crippen molar-refractivity contribution in [1.82, 2.24) is 20.3 Å². The highest BCUT2D eigenvalue weighted by molar-refractivity contribution is 5.90. The van der Waals surface area contributed by atoms with Gasteiger partial charge in [-0.15, -0.1) is 5.10 Å². The molecule has 1 aromatic heterocycles. The minimum Gasteiger partial charge on any atom is -0.442 e. The molecule has 2 aromatic rings. The van der Waals surface area contributed by atoms with Crippen LogP contribution in [-0.2, 0) is 11.3 Å². The van der Waals surface area contributed by atoms with Crippen LogP contribution < -0.4 is 10.2 Å². The Kier molecular flexibility index (Phi) is 4.19. The summed E-state index contributed by atoms with van der Waals surface area (Å²) in [6, 6.07) is 4.90. The van der Waals surface area contributed by atoms with E-state index in [0.717, 1.165) is 25.1 Å². The summed E-state index contributed by atoms with van der Waals surface area (Å²) in [7, 11) is 0. The molecule has 0 radical (unpaired) electrons. The number of carbonyl (C=O) groups is 1. The van der Waals surface area contributed by atoms with Crippen molar-refractivity contribution in [2.75, 3.05) is 24.5 Å². The minimum atomic E-state index is -0.474. The molecule has 1 saturated heterocycles. The third-order valence-corrected chi connectivity index (χ3v) is 4.41. The van der Waals surface area contributed by atoms with Gasteiger partial charge in [0.1, 0.15) is 11.9 Å². The first-order valence-electron chi connectivity index (χ1n) is 8.22. The van der Waals surface area contributed by atoms with Crippen LogP contribution in [0.5, 0.6) is 0 Å². The third-order valence-electron chi connectivity index (χ3n) is 4.41. The van der Waals surface area contributed by atoms with Gasteiger partial charge < -0.3 is 10.1 Å². The molecule has 1 amide bonds. The number of nitrogens with one attached hydrogen (secondary N) is 1. The van der Waals surface area contributed by atoms with E-state index in [1.165, 1.54) is 11.0 Å². The lowest BCUT2D eigenvalue weighted by molar-refractivity contribution is 0.129. The maximum Gasteiger partial charge on any atom is 0.414 e. The Morgan fingerprint density at radius 1 is 1.40 bits per heavy atom. The number of carbonyl (C=O) groups excluding carboxylic acids is 1. The fourth-order valence-electron chi connectivity index (χ4n) is 3.17. The van der Waals surface area contributed by atoms with E-state index < -0.39 is 6.09 Å². The molecule has 2 aliphatic heterocycles. The number of cyclic esters (lactones) is 1. The largest absolute Gasteiger partial charge is 0.442 e. The molecular formula is C17H18FN5O2. The molecule has 3 heterocycles. The second-order valence-electron chi connectivity index (χ2n) is 6.09. The van der Waals surface area contributed by atoms with Crippen LogP contribution in [0, 0.1) is 5.82 Å². The second-order valence-corrected chi connectivity index (χ2v) is 6.09. The predicted molar refractivity (Wildman–Crippen MR) is 89.5 cm³/mol. The van der Waals surface area contributed by atoms with Crippen LogP contribution in [0.2, 0.25) is 0 Å². The molecule has 1 atom stereocenters. The fourth-order valence-corrected chi connectivity index (χ4v) is 3.17. The molecule has 0 spiro atoms. The Morgan fingerprint density at radius 3 is 3.04 bits per heavy atom. The number of halogens is 1. The van der Waals surface area contributed by atoms with Crippen molar-refractivity contribution >= 4 is 17.4 Å². The van der Waals surface area contributed by atoms with Crippen molar-refractivity contribution in [3.8, 4) is 0 Å². The van der Waals surface area contributed by atoms with Crippen molar-refractivity contribution in [3.63, 3.8) is 0 Å². The highest BCUT2D eigenvalue weighted by Gasteiger charge is 2.33. The number of hydrogen-bond acceptors (Lipinski definition) is 5. The standard InChI is InChI=1S/C17H18FN5O2/c18-16-9-13(1-2-15(16)12-3-5-19-6-4-12)23-11-14(25-17(23)24)10-22-8-7-20-21-22/h1-3,7-9,14,19H,4-6,10-11H2/t14-/m0/s1. The summed E-state index contributed by atoms with van der Waals surface area (Å²) in [5, 5.41) is 10.8. The zero-order valence-corrected chi connectivity index (χ0v) is 13.6. The Morgan fingerprint density at radius 2 is 2.32 bits per heavy atom. The van der Waals surface area contributed by atoms with Gasteiger partial charge in [-0.1, -0.05) is 11.3 Å². The molecule has 0 bridgehead atoms. The first-order valence-corrected chi connectivity index (χ1v) is 8.22. The van der Waals surface area contributed by atoms with Gasteiger partial charge in [0.2, 0.25) is 0 Å². The van der Waals surface area contributed by atoms with Gasteiger partial charge in [-0.3, -0.25) is 4.90 Å². The first-order chi connectivity index (χ1) is 12.2. The topological polar surface area (TPSA) is 72.3 Å². The monoisotopic (exact) mass is 343 g/mol. The van der Waals surface area contributed by atoms with E-state index in [-0.39, 0.29) is 11.9 Å². The van der Waals surface area contributed by atoms with Crippen LogP contribution in [0.15, 0.2) is 36.7 Å². The molecule has 25 heavy (non-hydrogen) atoms. The Labute approximate surface area is 144 Å². The quantitative estimate of drug-likeness (QED) is 0.917. The number of ether oxygens (including phenoxy) is 1. The van der Waals surface area contributed by atoms with Crippen molar-refractivity contribution in [1.29, 1.82) is 0 Å². The lowest BCUT2D eigenvalue weighted by atomic mass is 9.99.